The van der Waals surface area contributed by atoms with Crippen molar-refractivity contribution in [1.29, 1.82) is 0 Å². The number of aromatic nitrogens is 2. The van der Waals surface area contributed by atoms with Gasteiger partial charge >= 0.3 is 0 Å². The van der Waals surface area contributed by atoms with Crippen molar-refractivity contribution in [2.24, 2.45) is 0 Å². The van der Waals surface area contributed by atoms with Crippen LogP contribution in [0.4, 0.5) is 5.13 Å². The Hall–Kier alpha value is -2.38. The average molecular weight is 357 g/mol. The highest BCUT2D eigenvalue weighted by molar-refractivity contribution is 8.00. The summed E-state index contributed by atoms with van der Waals surface area (Å²) in [6, 6.07) is 13.8. The van der Waals surface area contributed by atoms with Crippen molar-refractivity contribution in [2.45, 2.75) is 17.0 Å². The van der Waals surface area contributed by atoms with Crippen LogP contribution < -0.4 is 5.32 Å². The molecule has 24 heavy (non-hydrogen) atoms. The molecule has 2 heterocycles. The first-order valence-corrected chi connectivity index (χ1v) is 9.05. The molecule has 0 fully saturated rings. The Bertz CT molecular complexity index is 840. The van der Waals surface area contributed by atoms with E-state index in [1.165, 1.54) is 23.0 Å². The maximum atomic E-state index is 11.9. The van der Waals surface area contributed by atoms with E-state index in [0.29, 0.717) is 10.9 Å². The molecule has 0 aliphatic heterocycles. The third kappa shape index (κ3) is 4.81. The summed E-state index contributed by atoms with van der Waals surface area (Å²) in [6.07, 6.45) is 3.03. The van der Waals surface area contributed by atoms with Gasteiger partial charge in [-0.2, -0.15) is 0 Å². The molecule has 0 saturated heterocycles. The number of hydrogen-bond donors (Lipinski definition) is 1. The van der Waals surface area contributed by atoms with Crippen molar-refractivity contribution < 1.29 is 9.21 Å². The minimum absolute atomic E-state index is 0.264. The van der Waals surface area contributed by atoms with Crippen molar-refractivity contribution in [2.75, 3.05) is 5.32 Å². The Morgan fingerprint density at radius 3 is 2.83 bits per heavy atom. The quantitative estimate of drug-likeness (QED) is 0.403. The van der Waals surface area contributed by atoms with Crippen LogP contribution in [-0.2, 0) is 10.5 Å². The third-order valence-electron chi connectivity index (χ3n) is 3.00. The van der Waals surface area contributed by atoms with Crippen molar-refractivity contribution >= 4 is 40.2 Å². The lowest BCUT2D eigenvalue weighted by molar-refractivity contribution is -0.111. The molecule has 0 aliphatic carbocycles. The fraction of sp³-hybridized carbons (Fsp3) is 0.118. The summed E-state index contributed by atoms with van der Waals surface area (Å²) >= 11 is 2.95. The van der Waals surface area contributed by atoms with E-state index in [9.17, 15) is 4.79 Å². The SMILES string of the molecule is Cc1ccc(/C=C/C(=O)Nc2nnc(SCc3ccccc3)s2)o1. The van der Waals surface area contributed by atoms with Gasteiger partial charge in [0.1, 0.15) is 11.5 Å². The predicted octanol–water partition coefficient (Wildman–Crippen LogP) is 4.38. The van der Waals surface area contributed by atoms with Gasteiger partial charge in [-0.3, -0.25) is 10.1 Å². The molecule has 7 heteroatoms. The molecule has 1 aromatic carbocycles. The largest absolute Gasteiger partial charge is 0.462 e. The first-order chi connectivity index (χ1) is 11.7. The number of hydrogen-bond acceptors (Lipinski definition) is 6. The van der Waals surface area contributed by atoms with Crippen LogP contribution in [0.2, 0.25) is 0 Å². The topological polar surface area (TPSA) is 68.0 Å². The first kappa shape index (κ1) is 16.5. The zero-order valence-electron chi connectivity index (χ0n) is 12.9. The van der Waals surface area contributed by atoms with Crippen molar-refractivity contribution in [3.05, 3.63) is 65.6 Å². The van der Waals surface area contributed by atoms with Crippen LogP contribution >= 0.6 is 23.1 Å². The molecular weight excluding hydrogens is 342 g/mol. The number of anilines is 1. The molecular formula is C17H15N3O2S2. The van der Waals surface area contributed by atoms with Crippen LogP contribution in [0.15, 0.2) is 57.3 Å². The smallest absolute Gasteiger partial charge is 0.250 e. The summed E-state index contributed by atoms with van der Waals surface area (Å²) in [4.78, 5) is 11.9. The number of benzene rings is 1. The van der Waals surface area contributed by atoms with E-state index in [1.807, 2.05) is 37.3 Å². The summed E-state index contributed by atoms with van der Waals surface area (Å²) in [6.45, 7) is 1.85. The van der Waals surface area contributed by atoms with Gasteiger partial charge < -0.3 is 4.42 Å². The maximum Gasteiger partial charge on any atom is 0.250 e. The number of thioether (sulfide) groups is 1. The molecule has 0 unspecified atom stereocenters. The lowest BCUT2D eigenvalue weighted by Gasteiger charge is -1.97. The lowest BCUT2D eigenvalue weighted by Crippen LogP contribution is -2.07. The standard InChI is InChI=1S/C17H15N3O2S2/c1-12-7-8-14(22-12)9-10-15(21)18-16-19-20-17(24-16)23-11-13-5-3-2-4-6-13/h2-10H,11H2,1H3,(H,18,19,21)/b10-9+. The highest BCUT2D eigenvalue weighted by atomic mass is 32.2. The Labute approximate surface area is 147 Å². The highest BCUT2D eigenvalue weighted by Crippen LogP contribution is 2.28. The molecule has 0 atom stereocenters. The molecule has 122 valence electrons. The number of carbonyl (C=O) groups excluding carboxylic acids is 1. The molecule has 0 bridgehead atoms. The number of furan rings is 1. The van der Waals surface area contributed by atoms with Gasteiger partial charge in [-0.15, -0.1) is 10.2 Å². The summed E-state index contributed by atoms with van der Waals surface area (Å²) < 4.78 is 6.19. The van der Waals surface area contributed by atoms with Gasteiger partial charge in [-0.25, -0.2) is 0 Å². The number of nitrogens with zero attached hydrogens (tertiary/aromatic N) is 2. The maximum absolute atomic E-state index is 11.9. The minimum Gasteiger partial charge on any atom is -0.462 e. The number of nitrogens with one attached hydrogen (secondary N) is 1. The molecule has 3 aromatic rings. The monoisotopic (exact) mass is 357 g/mol. The first-order valence-electron chi connectivity index (χ1n) is 7.25. The zero-order valence-corrected chi connectivity index (χ0v) is 14.6. The third-order valence-corrected chi connectivity index (χ3v) is 5.05. The van der Waals surface area contributed by atoms with Crippen LogP contribution in [0, 0.1) is 6.92 Å². The van der Waals surface area contributed by atoms with Crippen LogP contribution in [0.3, 0.4) is 0 Å². The van der Waals surface area contributed by atoms with Crippen molar-refractivity contribution in [3.8, 4) is 0 Å². The average Bonchev–Trinajstić information content (AvgIpc) is 3.21. The molecule has 5 nitrogen and oxygen atoms in total. The van der Waals surface area contributed by atoms with E-state index >= 15 is 0 Å². The molecule has 1 N–H and O–H groups in total. The second-order valence-corrected chi connectivity index (χ2v) is 7.12. The van der Waals surface area contributed by atoms with E-state index in [1.54, 1.807) is 17.8 Å². The van der Waals surface area contributed by atoms with Gasteiger partial charge in [0.05, 0.1) is 0 Å². The second kappa shape index (κ2) is 7.94. The molecule has 2 aromatic heterocycles. The molecule has 0 saturated carbocycles. The number of rotatable bonds is 6. The van der Waals surface area contributed by atoms with E-state index in [4.69, 9.17) is 4.42 Å². The Balaban J connectivity index is 1.52. The van der Waals surface area contributed by atoms with Gasteiger partial charge in [0.2, 0.25) is 11.0 Å². The normalized spacial score (nSPS) is 11.0. The Morgan fingerprint density at radius 1 is 1.25 bits per heavy atom. The number of amides is 1. The zero-order chi connectivity index (χ0) is 16.8. The summed E-state index contributed by atoms with van der Waals surface area (Å²) in [7, 11) is 0. The van der Waals surface area contributed by atoms with E-state index in [2.05, 4.69) is 27.6 Å². The minimum atomic E-state index is -0.264. The van der Waals surface area contributed by atoms with Gasteiger partial charge in [0, 0.05) is 11.8 Å². The van der Waals surface area contributed by atoms with Crippen LogP contribution in [-0.4, -0.2) is 16.1 Å². The van der Waals surface area contributed by atoms with E-state index in [0.717, 1.165) is 15.9 Å². The van der Waals surface area contributed by atoms with Crippen molar-refractivity contribution in [1.82, 2.24) is 10.2 Å². The van der Waals surface area contributed by atoms with Gasteiger partial charge in [-0.1, -0.05) is 53.4 Å². The van der Waals surface area contributed by atoms with Crippen LogP contribution in [0.1, 0.15) is 17.1 Å². The van der Waals surface area contributed by atoms with E-state index in [-0.39, 0.29) is 5.91 Å². The molecule has 0 aliphatic rings. The summed E-state index contributed by atoms with van der Waals surface area (Å²) in [5.74, 6) is 2.00. The molecule has 0 spiro atoms. The number of carbonyl (C=O) groups is 1. The van der Waals surface area contributed by atoms with Gasteiger partial charge in [-0.05, 0) is 30.7 Å². The fourth-order valence-corrected chi connectivity index (χ4v) is 3.60. The van der Waals surface area contributed by atoms with Gasteiger partial charge in [0.15, 0.2) is 4.34 Å². The highest BCUT2D eigenvalue weighted by Gasteiger charge is 2.07. The van der Waals surface area contributed by atoms with Gasteiger partial charge in [0.25, 0.3) is 0 Å². The second-order valence-electron chi connectivity index (χ2n) is 4.92. The predicted molar refractivity (Wildman–Crippen MR) is 97.0 cm³/mol. The molecule has 0 radical (unpaired) electrons. The van der Waals surface area contributed by atoms with Crippen LogP contribution in [0.5, 0.6) is 0 Å². The Morgan fingerprint density at radius 2 is 2.08 bits per heavy atom. The summed E-state index contributed by atoms with van der Waals surface area (Å²) in [5, 5.41) is 11.3. The van der Waals surface area contributed by atoms with Crippen LogP contribution in [0.25, 0.3) is 6.08 Å². The van der Waals surface area contributed by atoms with E-state index < -0.39 is 0 Å². The Kier molecular flexibility index (Phi) is 5.45. The lowest BCUT2D eigenvalue weighted by atomic mass is 10.2. The summed E-state index contributed by atoms with van der Waals surface area (Å²) in [5.41, 5.74) is 1.22. The molecule has 3 rings (SSSR count). The molecule has 1 amide bonds. The fourth-order valence-electron chi connectivity index (χ4n) is 1.89. The van der Waals surface area contributed by atoms with Crippen molar-refractivity contribution in [3.63, 3.8) is 0 Å². The number of aryl methyl sites for hydroxylation is 1.